The van der Waals surface area contributed by atoms with E-state index >= 15 is 0 Å². The van der Waals surface area contributed by atoms with E-state index in [9.17, 15) is 19.8 Å². The van der Waals surface area contributed by atoms with Crippen molar-refractivity contribution in [2.45, 2.75) is 251 Å². The lowest BCUT2D eigenvalue weighted by Gasteiger charge is -2.24. The van der Waals surface area contributed by atoms with Crippen molar-refractivity contribution in [2.75, 3.05) is 6.61 Å². The van der Waals surface area contributed by atoms with Crippen molar-refractivity contribution < 1.29 is 24.5 Å². The highest BCUT2D eigenvalue weighted by Crippen LogP contribution is 2.17. The average Bonchev–Trinajstić information content (AvgIpc) is 3.29. The quantitative estimate of drug-likeness (QED) is 0.0245. The van der Waals surface area contributed by atoms with Crippen LogP contribution in [0.3, 0.4) is 0 Å². The molecule has 0 aromatic rings. The highest BCUT2D eigenvalue weighted by atomic mass is 16.5. The van der Waals surface area contributed by atoms with E-state index in [0.717, 1.165) is 96.3 Å². The van der Waals surface area contributed by atoms with Gasteiger partial charge in [0, 0.05) is 6.42 Å². The van der Waals surface area contributed by atoms with Crippen LogP contribution in [0, 0.1) is 0 Å². The molecule has 0 aromatic carbocycles. The Kier molecular flexibility index (Phi) is 48.2. The molecule has 3 atom stereocenters. The largest absolute Gasteiger partial charge is 0.462 e. The van der Waals surface area contributed by atoms with E-state index in [0.29, 0.717) is 19.3 Å². The van der Waals surface area contributed by atoms with Crippen molar-refractivity contribution in [3.05, 3.63) is 97.2 Å². The normalized spacial score (nSPS) is 14.0. The Bertz CT molecular complexity index is 1270. The van der Waals surface area contributed by atoms with Gasteiger partial charge in [-0.1, -0.05) is 234 Å². The van der Waals surface area contributed by atoms with Gasteiger partial charge >= 0.3 is 5.97 Å². The minimum absolute atomic E-state index is 0.0285. The van der Waals surface area contributed by atoms with E-state index in [2.05, 4.69) is 123 Å². The second-order valence-corrected chi connectivity index (χ2v) is 17.6. The van der Waals surface area contributed by atoms with Crippen LogP contribution in [0.2, 0.25) is 0 Å². The number of unbranched alkanes of at least 4 members (excludes halogenated alkanes) is 20. The van der Waals surface area contributed by atoms with Gasteiger partial charge in [0.25, 0.3) is 0 Å². The van der Waals surface area contributed by atoms with Crippen LogP contribution >= 0.6 is 0 Å². The standard InChI is InChI=1S/C58H99NO5/c1-4-7-10-13-16-19-22-25-27-28-30-32-34-37-40-43-46-49-54(64-58(63)51-48-45-42-39-36-33-29-26-23-20-17-14-11-8-5-2)52-57(62)59-55(53-60)56(61)50-47-44-41-38-35-31-24-21-18-15-12-9-6-3/h7-8,10-11,14,16-17,19-20,23,25,27,30,32,37,40,54-56,60-61H,4-6,9,12-13,15,18,21-22,24,26,28-29,31,33-36,38-39,41-53H2,1-3H3,(H,59,62)/b10-7-,11-8+,17-14+,19-16-,23-20+,27-25-,32-30-,40-37-. The molecule has 0 fully saturated rings. The van der Waals surface area contributed by atoms with E-state index < -0.39 is 18.2 Å². The molecule has 6 nitrogen and oxygen atoms in total. The van der Waals surface area contributed by atoms with Crippen molar-refractivity contribution in [3.8, 4) is 0 Å². The number of carbonyl (C=O) groups excluding carboxylic acids is 2. The number of hydrogen-bond acceptors (Lipinski definition) is 5. The van der Waals surface area contributed by atoms with Crippen molar-refractivity contribution in [2.24, 2.45) is 0 Å². The number of carbonyl (C=O) groups is 2. The lowest BCUT2D eigenvalue weighted by Crippen LogP contribution is -2.46. The van der Waals surface area contributed by atoms with E-state index in [-0.39, 0.29) is 24.9 Å². The SMILES string of the molecule is CC/C=C\C/C=C\C/C=C\C/C=C\C/C=C\CCCC(CC(=O)NC(CO)C(O)CCCCCCCCCCCCCCC)OC(=O)CCCCCCCCC/C=C/C=C/C=C/CC. The molecule has 0 radical (unpaired) electrons. The lowest BCUT2D eigenvalue weighted by atomic mass is 10.0. The van der Waals surface area contributed by atoms with Gasteiger partial charge in [0.1, 0.15) is 6.10 Å². The Labute approximate surface area is 395 Å². The maximum atomic E-state index is 13.2. The summed E-state index contributed by atoms with van der Waals surface area (Å²) in [7, 11) is 0. The number of amides is 1. The maximum Gasteiger partial charge on any atom is 0.306 e. The van der Waals surface area contributed by atoms with Gasteiger partial charge in [-0.25, -0.2) is 0 Å². The Hall–Kier alpha value is -3.22. The van der Waals surface area contributed by atoms with Gasteiger partial charge in [0.2, 0.25) is 5.91 Å². The van der Waals surface area contributed by atoms with E-state index in [4.69, 9.17) is 4.74 Å². The monoisotopic (exact) mass is 890 g/mol. The zero-order valence-corrected chi connectivity index (χ0v) is 41.6. The Balaban J connectivity index is 4.73. The van der Waals surface area contributed by atoms with Crippen molar-refractivity contribution in [1.82, 2.24) is 5.32 Å². The minimum Gasteiger partial charge on any atom is -0.462 e. The molecule has 1 amide bonds. The van der Waals surface area contributed by atoms with Crippen LogP contribution in [0.4, 0.5) is 0 Å². The summed E-state index contributed by atoms with van der Waals surface area (Å²) < 4.78 is 5.91. The van der Waals surface area contributed by atoms with Crippen LogP contribution in [0.15, 0.2) is 97.2 Å². The Morgan fingerprint density at radius 2 is 0.938 bits per heavy atom. The molecule has 0 rings (SSSR count). The molecule has 6 heteroatoms. The number of rotatable bonds is 46. The number of allylic oxidation sites excluding steroid dienone is 16. The first-order valence-corrected chi connectivity index (χ1v) is 26.5. The third-order valence-corrected chi connectivity index (χ3v) is 11.5. The number of hydrogen-bond donors (Lipinski definition) is 3. The molecule has 3 N–H and O–H groups in total. The molecule has 0 heterocycles. The summed E-state index contributed by atoms with van der Waals surface area (Å²) in [6.07, 6.45) is 67.5. The molecule has 0 saturated heterocycles. The smallest absolute Gasteiger partial charge is 0.306 e. The Morgan fingerprint density at radius 3 is 1.47 bits per heavy atom. The molecule has 0 aliphatic heterocycles. The molecule has 0 aliphatic carbocycles. The molecule has 0 saturated carbocycles. The fraction of sp³-hybridized carbons (Fsp3) is 0.690. The molecule has 0 bridgehead atoms. The summed E-state index contributed by atoms with van der Waals surface area (Å²) in [5.41, 5.74) is 0. The molecular formula is C58H99NO5. The Morgan fingerprint density at radius 1 is 0.484 bits per heavy atom. The number of esters is 1. The predicted octanol–water partition coefficient (Wildman–Crippen LogP) is 16.1. The van der Waals surface area contributed by atoms with Gasteiger partial charge in [-0.15, -0.1) is 0 Å². The molecule has 366 valence electrons. The number of aliphatic hydroxyl groups excluding tert-OH is 2. The van der Waals surface area contributed by atoms with Gasteiger partial charge in [-0.3, -0.25) is 9.59 Å². The minimum atomic E-state index is -0.810. The molecule has 64 heavy (non-hydrogen) atoms. The topological polar surface area (TPSA) is 95.9 Å². The fourth-order valence-electron chi connectivity index (χ4n) is 7.52. The third-order valence-electron chi connectivity index (χ3n) is 11.5. The maximum absolute atomic E-state index is 13.2. The van der Waals surface area contributed by atoms with Gasteiger partial charge in [-0.05, 0) is 83.5 Å². The summed E-state index contributed by atoms with van der Waals surface area (Å²) in [6, 6.07) is -0.728. The zero-order chi connectivity index (χ0) is 46.7. The van der Waals surface area contributed by atoms with Crippen LogP contribution in [-0.2, 0) is 14.3 Å². The zero-order valence-electron chi connectivity index (χ0n) is 41.6. The summed E-state index contributed by atoms with van der Waals surface area (Å²) in [5.74, 6) is -0.549. The molecule has 3 unspecified atom stereocenters. The van der Waals surface area contributed by atoms with Gasteiger partial charge in [0.15, 0.2) is 0 Å². The molecule has 0 aliphatic rings. The lowest BCUT2D eigenvalue weighted by molar-refractivity contribution is -0.151. The van der Waals surface area contributed by atoms with Crippen LogP contribution < -0.4 is 5.32 Å². The van der Waals surface area contributed by atoms with Gasteiger partial charge < -0.3 is 20.3 Å². The first-order chi connectivity index (χ1) is 31.5. The van der Waals surface area contributed by atoms with Crippen molar-refractivity contribution in [1.29, 1.82) is 0 Å². The summed E-state index contributed by atoms with van der Waals surface area (Å²) in [6.45, 7) is 6.22. The van der Waals surface area contributed by atoms with Crippen molar-refractivity contribution in [3.63, 3.8) is 0 Å². The fourth-order valence-corrected chi connectivity index (χ4v) is 7.52. The first kappa shape index (κ1) is 60.8. The van der Waals surface area contributed by atoms with E-state index in [1.54, 1.807) is 0 Å². The van der Waals surface area contributed by atoms with E-state index in [1.807, 2.05) is 0 Å². The van der Waals surface area contributed by atoms with Crippen LogP contribution in [0.5, 0.6) is 0 Å². The number of aliphatic hydroxyl groups is 2. The van der Waals surface area contributed by atoms with Crippen LogP contribution in [0.25, 0.3) is 0 Å². The summed E-state index contributed by atoms with van der Waals surface area (Å²) in [4.78, 5) is 26.2. The van der Waals surface area contributed by atoms with Crippen LogP contribution in [0.1, 0.15) is 233 Å². The average molecular weight is 890 g/mol. The number of ether oxygens (including phenoxy) is 1. The summed E-state index contributed by atoms with van der Waals surface area (Å²) >= 11 is 0. The number of nitrogens with one attached hydrogen (secondary N) is 1. The molecule has 0 aromatic heterocycles. The molecular weight excluding hydrogens is 791 g/mol. The molecule has 0 spiro atoms. The highest BCUT2D eigenvalue weighted by Gasteiger charge is 2.24. The van der Waals surface area contributed by atoms with Crippen molar-refractivity contribution >= 4 is 11.9 Å². The second kappa shape index (κ2) is 50.8. The van der Waals surface area contributed by atoms with E-state index in [1.165, 1.54) is 89.9 Å². The van der Waals surface area contributed by atoms with Crippen LogP contribution in [-0.4, -0.2) is 46.9 Å². The second-order valence-electron chi connectivity index (χ2n) is 17.6. The summed E-state index contributed by atoms with van der Waals surface area (Å²) in [5, 5.41) is 23.8. The predicted molar refractivity (Wildman–Crippen MR) is 277 cm³/mol. The third kappa shape index (κ3) is 45.4. The highest BCUT2D eigenvalue weighted by molar-refractivity contribution is 5.77. The first-order valence-electron chi connectivity index (χ1n) is 26.5. The van der Waals surface area contributed by atoms with Gasteiger partial charge in [0.05, 0.1) is 25.2 Å². The van der Waals surface area contributed by atoms with Gasteiger partial charge in [-0.2, -0.15) is 0 Å².